The molecule has 0 aliphatic heterocycles. The van der Waals surface area contributed by atoms with E-state index >= 15 is 0 Å². The van der Waals surface area contributed by atoms with Crippen LogP contribution in [-0.4, -0.2) is 23.4 Å². The van der Waals surface area contributed by atoms with Crippen LogP contribution in [0.25, 0.3) is 10.9 Å². The molecule has 0 saturated heterocycles. The Morgan fingerprint density at radius 3 is 2.30 bits per heavy atom. The summed E-state index contributed by atoms with van der Waals surface area (Å²) < 4.78 is 65.9. The van der Waals surface area contributed by atoms with Gasteiger partial charge in [0.2, 0.25) is 0 Å². The SMILES string of the molecule is O=C(Cc1ccc2cnn(S(=O)(=O)c3cccc(C(F)(F)F)c3)c2c1)c1c(Cl)cccc1Cl. The first-order valence-electron chi connectivity index (χ1n) is 9.35. The number of hydrogen-bond donors (Lipinski definition) is 0. The molecule has 0 spiro atoms. The molecule has 4 rings (SSSR count). The first kappa shape index (κ1) is 23.3. The maximum atomic E-state index is 13.1. The Bertz CT molecular complexity index is 1480. The van der Waals surface area contributed by atoms with Gasteiger partial charge in [-0.2, -0.15) is 30.8 Å². The lowest BCUT2D eigenvalue weighted by Crippen LogP contribution is -2.16. The minimum Gasteiger partial charge on any atom is -0.294 e. The van der Waals surface area contributed by atoms with Gasteiger partial charge in [-0.1, -0.05) is 47.5 Å². The zero-order valence-corrected chi connectivity index (χ0v) is 18.8. The number of carbonyl (C=O) groups is 1. The van der Waals surface area contributed by atoms with E-state index in [-0.39, 0.29) is 33.3 Å². The molecule has 0 amide bonds. The third-order valence-corrected chi connectivity index (χ3v) is 7.12. The van der Waals surface area contributed by atoms with Crippen LogP contribution in [0.5, 0.6) is 0 Å². The molecule has 0 aliphatic carbocycles. The van der Waals surface area contributed by atoms with Crippen molar-refractivity contribution >= 4 is 49.9 Å². The van der Waals surface area contributed by atoms with E-state index in [1.54, 1.807) is 18.2 Å². The molecule has 1 heterocycles. The molecule has 0 aliphatic rings. The van der Waals surface area contributed by atoms with Crippen molar-refractivity contribution < 1.29 is 26.4 Å². The monoisotopic (exact) mass is 512 g/mol. The second-order valence-corrected chi connectivity index (χ2v) is 9.69. The summed E-state index contributed by atoms with van der Waals surface area (Å²) in [4.78, 5) is 12.2. The lowest BCUT2D eigenvalue weighted by molar-refractivity contribution is -0.137. The van der Waals surface area contributed by atoms with Gasteiger partial charge in [0.25, 0.3) is 10.0 Å². The Morgan fingerprint density at radius 1 is 0.970 bits per heavy atom. The summed E-state index contributed by atoms with van der Waals surface area (Å²) in [5.41, 5.74) is -0.388. The molecule has 5 nitrogen and oxygen atoms in total. The van der Waals surface area contributed by atoms with Gasteiger partial charge in [0.05, 0.1) is 37.8 Å². The van der Waals surface area contributed by atoms with Gasteiger partial charge >= 0.3 is 6.18 Å². The normalized spacial score (nSPS) is 12.3. The Morgan fingerprint density at radius 2 is 1.64 bits per heavy atom. The summed E-state index contributed by atoms with van der Waals surface area (Å²) in [6.45, 7) is 0. The summed E-state index contributed by atoms with van der Waals surface area (Å²) >= 11 is 12.2. The lowest BCUT2D eigenvalue weighted by atomic mass is 10.0. The van der Waals surface area contributed by atoms with Crippen LogP contribution < -0.4 is 0 Å². The summed E-state index contributed by atoms with van der Waals surface area (Å²) in [6, 6.07) is 12.7. The maximum absolute atomic E-state index is 13.1. The number of carbonyl (C=O) groups excluding carboxylic acids is 1. The molecule has 0 radical (unpaired) electrons. The highest BCUT2D eigenvalue weighted by Crippen LogP contribution is 2.32. The van der Waals surface area contributed by atoms with E-state index in [1.807, 2.05) is 0 Å². The number of nitrogens with zero attached hydrogens (tertiary/aromatic N) is 2. The predicted octanol–water partition coefficient (Wildman–Crippen LogP) is 6.02. The number of hydrogen-bond acceptors (Lipinski definition) is 4. The number of aromatic nitrogens is 2. The van der Waals surface area contributed by atoms with Gasteiger partial charge in [0.15, 0.2) is 5.78 Å². The topological polar surface area (TPSA) is 69.0 Å². The number of fused-ring (bicyclic) bond motifs is 1. The average molecular weight is 513 g/mol. The van der Waals surface area contributed by atoms with Crippen LogP contribution in [-0.2, 0) is 22.6 Å². The van der Waals surface area contributed by atoms with Crippen molar-refractivity contribution in [1.29, 1.82) is 0 Å². The van der Waals surface area contributed by atoms with E-state index in [0.29, 0.717) is 21.1 Å². The molecule has 0 bridgehead atoms. The molecule has 33 heavy (non-hydrogen) atoms. The Balaban J connectivity index is 1.74. The minimum atomic E-state index is -4.70. The molecular weight excluding hydrogens is 500 g/mol. The standard InChI is InChI=1S/C22H13Cl2F3N2O3S/c23-17-5-2-6-18(24)21(17)20(30)10-13-7-8-14-12-28-29(19(14)9-13)33(31,32)16-4-1-3-15(11-16)22(25,26)27/h1-9,11-12H,10H2. The third-order valence-electron chi connectivity index (χ3n) is 4.90. The molecule has 0 unspecified atom stereocenters. The molecular formula is C22H13Cl2F3N2O3S. The van der Waals surface area contributed by atoms with Crippen LogP contribution in [0.4, 0.5) is 13.2 Å². The van der Waals surface area contributed by atoms with Crippen LogP contribution in [0.15, 0.2) is 71.8 Å². The Labute approximate surface area is 196 Å². The fourth-order valence-corrected chi connectivity index (χ4v) is 5.24. The molecule has 0 fully saturated rings. The number of rotatable bonds is 5. The van der Waals surface area contributed by atoms with Crippen molar-refractivity contribution in [1.82, 2.24) is 9.19 Å². The average Bonchev–Trinajstić information content (AvgIpc) is 3.17. The number of halogens is 5. The van der Waals surface area contributed by atoms with Crippen molar-refractivity contribution in [2.45, 2.75) is 17.5 Å². The van der Waals surface area contributed by atoms with Crippen molar-refractivity contribution in [3.63, 3.8) is 0 Å². The molecule has 1 aromatic heterocycles. The molecule has 170 valence electrons. The summed E-state index contributed by atoms with van der Waals surface area (Å²) in [5.74, 6) is -0.378. The zero-order valence-electron chi connectivity index (χ0n) is 16.5. The fourth-order valence-electron chi connectivity index (χ4n) is 3.31. The van der Waals surface area contributed by atoms with Crippen molar-refractivity contribution in [2.75, 3.05) is 0 Å². The van der Waals surface area contributed by atoms with E-state index in [2.05, 4.69) is 5.10 Å². The largest absolute Gasteiger partial charge is 0.416 e. The van der Waals surface area contributed by atoms with Gasteiger partial charge in [-0.15, -0.1) is 0 Å². The number of ketones is 1. The van der Waals surface area contributed by atoms with E-state index in [0.717, 1.165) is 18.2 Å². The van der Waals surface area contributed by atoms with Crippen LogP contribution >= 0.6 is 23.2 Å². The van der Waals surface area contributed by atoms with E-state index in [9.17, 15) is 26.4 Å². The summed E-state index contributed by atoms with van der Waals surface area (Å²) in [5, 5.41) is 4.66. The highest BCUT2D eigenvalue weighted by molar-refractivity contribution is 7.90. The van der Waals surface area contributed by atoms with Gasteiger partial charge in [0, 0.05) is 11.8 Å². The molecule has 0 atom stereocenters. The predicted molar refractivity (Wildman–Crippen MR) is 118 cm³/mol. The van der Waals surface area contributed by atoms with Crippen LogP contribution in [0, 0.1) is 0 Å². The summed E-state index contributed by atoms with van der Waals surface area (Å²) in [6.07, 6.45) is -3.56. The smallest absolute Gasteiger partial charge is 0.294 e. The highest BCUT2D eigenvalue weighted by atomic mass is 35.5. The molecule has 3 aromatic carbocycles. The lowest BCUT2D eigenvalue weighted by Gasteiger charge is -2.10. The van der Waals surface area contributed by atoms with Crippen molar-refractivity contribution in [3.05, 3.63) is 93.6 Å². The molecule has 0 N–H and O–H groups in total. The Kier molecular flexibility index (Phi) is 5.98. The van der Waals surface area contributed by atoms with Crippen LogP contribution in [0.1, 0.15) is 21.5 Å². The first-order chi connectivity index (χ1) is 15.5. The van der Waals surface area contributed by atoms with Gasteiger partial charge in [-0.05, 0) is 42.0 Å². The maximum Gasteiger partial charge on any atom is 0.416 e. The number of alkyl halides is 3. The third kappa shape index (κ3) is 4.48. The van der Waals surface area contributed by atoms with Crippen LogP contribution in [0.3, 0.4) is 0 Å². The van der Waals surface area contributed by atoms with E-state index in [4.69, 9.17) is 23.2 Å². The van der Waals surface area contributed by atoms with Gasteiger partial charge in [0.1, 0.15) is 0 Å². The molecule has 0 saturated carbocycles. The minimum absolute atomic E-state index is 0.114. The van der Waals surface area contributed by atoms with Gasteiger partial charge in [-0.3, -0.25) is 4.79 Å². The van der Waals surface area contributed by atoms with Crippen molar-refractivity contribution in [2.24, 2.45) is 0 Å². The fraction of sp³-hybridized carbons (Fsp3) is 0.0909. The summed E-state index contributed by atoms with van der Waals surface area (Å²) in [7, 11) is -4.44. The van der Waals surface area contributed by atoms with Crippen LogP contribution in [0.2, 0.25) is 10.0 Å². The number of benzene rings is 3. The first-order valence-corrected chi connectivity index (χ1v) is 11.5. The number of Topliss-reactive ketones (excluding diaryl/α,β-unsaturated/α-hetero) is 1. The highest BCUT2D eigenvalue weighted by Gasteiger charge is 2.32. The van der Waals surface area contributed by atoms with E-state index in [1.165, 1.54) is 24.4 Å². The van der Waals surface area contributed by atoms with Gasteiger partial charge in [-0.25, -0.2) is 0 Å². The molecule has 4 aromatic rings. The second-order valence-electron chi connectivity index (χ2n) is 7.11. The molecule has 11 heteroatoms. The van der Waals surface area contributed by atoms with Gasteiger partial charge < -0.3 is 0 Å². The zero-order chi connectivity index (χ0) is 24.0. The Hall–Kier alpha value is -2.88. The van der Waals surface area contributed by atoms with E-state index < -0.39 is 26.7 Å². The second kappa shape index (κ2) is 8.48. The quantitative estimate of drug-likeness (QED) is 0.306. The van der Waals surface area contributed by atoms with Crippen molar-refractivity contribution in [3.8, 4) is 0 Å².